The van der Waals surface area contributed by atoms with Gasteiger partial charge in [0.15, 0.2) is 11.5 Å². The molecule has 10 nitrogen and oxygen atoms in total. The lowest BCUT2D eigenvalue weighted by Gasteiger charge is -2.12. The second kappa shape index (κ2) is 11.5. The number of nitrogens with one attached hydrogen (secondary N) is 1. The highest BCUT2D eigenvalue weighted by Gasteiger charge is 2.20. The molecule has 3 rings (SSSR count). The lowest BCUT2D eigenvalue weighted by Crippen LogP contribution is -2.13. The van der Waals surface area contributed by atoms with E-state index in [2.05, 4.69) is 15.5 Å². The Bertz CT molecular complexity index is 1480. The predicted octanol–water partition coefficient (Wildman–Crippen LogP) is 3.63. The van der Waals surface area contributed by atoms with E-state index in [4.69, 9.17) is 9.47 Å². The number of carbonyl (C=O) groups excluding carboxylic acids is 2. The van der Waals surface area contributed by atoms with Crippen LogP contribution in [0.2, 0.25) is 0 Å². The van der Waals surface area contributed by atoms with Crippen molar-refractivity contribution in [2.45, 2.75) is 18.2 Å². The molecule has 186 valence electrons. The highest BCUT2D eigenvalue weighted by Crippen LogP contribution is 2.30. The molecule has 3 aromatic rings. The minimum atomic E-state index is -3.59. The van der Waals surface area contributed by atoms with E-state index in [1.165, 1.54) is 49.4 Å². The number of carbonyl (C=O) groups is 2. The molecule has 0 radical (unpaired) electrons. The van der Waals surface area contributed by atoms with Crippen LogP contribution in [0.4, 0.5) is 9.52 Å². The minimum absolute atomic E-state index is 0.0173. The Hall–Kier alpha value is -4.15. The van der Waals surface area contributed by atoms with E-state index < -0.39 is 27.5 Å². The van der Waals surface area contributed by atoms with E-state index in [9.17, 15) is 27.7 Å². The number of halogens is 1. The zero-order chi connectivity index (χ0) is 26.3. The van der Waals surface area contributed by atoms with Crippen molar-refractivity contribution in [3.8, 4) is 17.6 Å². The van der Waals surface area contributed by atoms with Gasteiger partial charge in [0.25, 0.3) is 5.91 Å². The maximum absolute atomic E-state index is 13.9. The van der Waals surface area contributed by atoms with Crippen LogP contribution >= 0.6 is 11.3 Å². The first-order chi connectivity index (χ1) is 17.2. The number of sulfone groups is 1. The Morgan fingerprint density at radius 2 is 1.92 bits per heavy atom. The number of esters is 1. The van der Waals surface area contributed by atoms with Gasteiger partial charge in [-0.05, 0) is 42.8 Å². The number of nitrogens with zero attached hydrogens (tertiary/aromatic N) is 3. The van der Waals surface area contributed by atoms with Crippen molar-refractivity contribution in [1.82, 2.24) is 10.2 Å². The van der Waals surface area contributed by atoms with Crippen LogP contribution in [0.15, 0.2) is 52.4 Å². The van der Waals surface area contributed by atoms with Crippen LogP contribution in [0, 0.1) is 17.1 Å². The number of anilines is 1. The second-order valence-corrected chi connectivity index (χ2v) is 10.3. The van der Waals surface area contributed by atoms with Gasteiger partial charge in [-0.3, -0.25) is 10.1 Å². The fourth-order valence-corrected chi connectivity index (χ4v) is 4.72. The normalized spacial score (nSPS) is 11.4. The van der Waals surface area contributed by atoms with Gasteiger partial charge in [0, 0.05) is 0 Å². The SMILES string of the molecule is CCOc1cc(/C=C(/C#N)C(=O)Nc2nnc(S(=O)(=O)CC)s2)ccc1OC(=O)c1ccccc1F. The molecule has 0 aliphatic heterocycles. The van der Waals surface area contributed by atoms with Gasteiger partial charge in [-0.1, -0.05) is 36.5 Å². The first-order valence-corrected chi connectivity index (χ1v) is 12.9. The monoisotopic (exact) mass is 530 g/mol. The molecule has 0 fully saturated rings. The largest absolute Gasteiger partial charge is 0.490 e. The quantitative estimate of drug-likeness (QED) is 0.144. The summed E-state index contributed by atoms with van der Waals surface area (Å²) in [6.07, 6.45) is 1.26. The zero-order valence-corrected chi connectivity index (χ0v) is 20.7. The van der Waals surface area contributed by atoms with Crippen molar-refractivity contribution in [1.29, 1.82) is 5.26 Å². The van der Waals surface area contributed by atoms with E-state index in [0.29, 0.717) is 16.9 Å². The summed E-state index contributed by atoms with van der Waals surface area (Å²) in [4.78, 5) is 24.9. The van der Waals surface area contributed by atoms with Crippen molar-refractivity contribution in [3.05, 3.63) is 65.0 Å². The lowest BCUT2D eigenvalue weighted by molar-refractivity contribution is -0.112. The van der Waals surface area contributed by atoms with Crippen LogP contribution in [0.5, 0.6) is 11.5 Å². The standard InChI is InChI=1S/C23H19FN4O6S2/c1-3-33-19-12-14(9-10-18(19)34-21(30)16-7-5-6-8-17(16)24)11-15(13-25)20(29)26-22-27-28-23(35-22)36(31,32)4-2/h5-12H,3-4H2,1-2H3,(H,26,27,29)/b15-11-. The molecule has 1 amide bonds. The summed E-state index contributed by atoms with van der Waals surface area (Å²) in [5.74, 6) is -2.51. The molecule has 0 atom stereocenters. The third-order valence-corrected chi connectivity index (χ3v) is 7.53. The number of hydrogen-bond acceptors (Lipinski definition) is 10. The Labute approximate surface area is 209 Å². The molecule has 0 aliphatic rings. The minimum Gasteiger partial charge on any atom is -0.490 e. The van der Waals surface area contributed by atoms with Crippen LogP contribution in [0.25, 0.3) is 6.08 Å². The van der Waals surface area contributed by atoms with Crippen molar-refractivity contribution >= 4 is 44.3 Å². The Morgan fingerprint density at radius 3 is 2.58 bits per heavy atom. The van der Waals surface area contributed by atoms with Crippen LogP contribution in [0.3, 0.4) is 0 Å². The summed E-state index contributed by atoms with van der Waals surface area (Å²) < 4.78 is 48.2. The Morgan fingerprint density at radius 1 is 1.17 bits per heavy atom. The average Bonchev–Trinajstić information content (AvgIpc) is 3.33. The number of aromatic nitrogens is 2. The van der Waals surface area contributed by atoms with E-state index >= 15 is 0 Å². The highest BCUT2D eigenvalue weighted by molar-refractivity contribution is 7.93. The molecule has 0 spiro atoms. The molecule has 36 heavy (non-hydrogen) atoms. The molecule has 0 saturated heterocycles. The molecule has 0 aliphatic carbocycles. The Kier molecular flexibility index (Phi) is 8.46. The van der Waals surface area contributed by atoms with Gasteiger partial charge in [-0.25, -0.2) is 17.6 Å². The molecule has 1 heterocycles. The van der Waals surface area contributed by atoms with Gasteiger partial charge in [-0.15, -0.1) is 10.2 Å². The fraction of sp³-hybridized carbons (Fsp3) is 0.174. The molecule has 13 heteroatoms. The number of ether oxygens (including phenoxy) is 2. The topological polar surface area (TPSA) is 148 Å². The summed E-state index contributed by atoms with van der Waals surface area (Å²) >= 11 is 0.669. The van der Waals surface area contributed by atoms with Crippen LogP contribution in [-0.4, -0.2) is 42.9 Å². The summed E-state index contributed by atoms with van der Waals surface area (Å²) in [6, 6.07) is 11.4. The van der Waals surface area contributed by atoms with Crippen LogP contribution in [0.1, 0.15) is 29.8 Å². The number of nitriles is 1. The molecule has 0 unspecified atom stereocenters. The van der Waals surface area contributed by atoms with Gasteiger partial charge in [0.2, 0.25) is 19.3 Å². The molecule has 2 aromatic carbocycles. The van der Waals surface area contributed by atoms with Gasteiger partial charge in [0.05, 0.1) is 17.9 Å². The molecule has 1 aromatic heterocycles. The average molecular weight is 531 g/mol. The third kappa shape index (κ3) is 6.29. The highest BCUT2D eigenvalue weighted by atomic mass is 32.2. The summed E-state index contributed by atoms with van der Waals surface area (Å²) in [7, 11) is -3.59. The van der Waals surface area contributed by atoms with Gasteiger partial charge in [-0.2, -0.15) is 5.26 Å². The smallest absolute Gasteiger partial charge is 0.346 e. The van der Waals surface area contributed by atoms with Crippen molar-refractivity contribution in [2.24, 2.45) is 0 Å². The van der Waals surface area contributed by atoms with Gasteiger partial charge < -0.3 is 9.47 Å². The maximum atomic E-state index is 13.9. The third-order valence-electron chi connectivity index (χ3n) is 4.51. The number of amides is 1. The van der Waals surface area contributed by atoms with Crippen molar-refractivity contribution < 1.29 is 31.9 Å². The maximum Gasteiger partial charge on any atom is 0.346 e. The van der Waals surface area contributed by atoms with E-state index in [0.717, 1.165) is 6.07 Å². The molecular formula is C23H19FN4O6S2. The van der Waals surface area contributed by atoms with Crippen molar-refractivity contribution in [2.75, 3.05) is 17.7 Å². The lowest BCUT2D eigenvalue weighted by atomic mass is 10.1. The summed E-state index contributed by atoms with van der Waals surface area (Å²) in [6.45, 7) is 3.37. The van der Waals surface area contributed by atoms with Crippen LogP contribution < -0.4 is 14.8 Å². The molecule has 1 N–H and O–H groups in total. The number of rotatable bonds is 9. The van der Waals surface area contributed by atoms with Gasteiger partial charge >= 0.3 is 5.97 Å². The molecule has 0 saturated carbocycles. The zero-order valence-electron chi connectivity index (χ0n) is 19.0. The first kappa shape index (κ1) is 26.5. The first-order valence-electron chi connectivity index (χ1n) is 10.4. The number of benzene rings is 2. The second-order valence-electron chi connectivity index (χ2n) is 6.91. The van der Waals surface area contributed by atoms with E-state index in [-0.39, 0.29) is 44.5 Å². The fourth-order valence-electron chi connectivity index (χ4n) is 2.74. The molecule has 0 bridgehead atoms. The molecular weight excluding hydrogens is 511 g/mol. The summed E-state index contributed by atoms with van der Waals surface area (Å²) in [5.41, 5.74) is -0.204. The van der Waals surface area contributed by atoms with Gasteiger partial charge in [0.1, 0.15) is 17.5 Å². The van der Waals surface area contributed by atoms with Crippen molar-refractivity contribution in [3.63, 3.8) is 0 Å². The predicted molar refractivity (Wildman–Crippen MR) is 129 cm³/mol. The van der Waals surface area contributed by atoms with Crippen LogP contribution in [-0.2, 0) is 14.6 Å². The van der Waals surface area contributed by atoms with E-state index in [1.807, 2.05) is 0 Å². The Balaban J connectivity index is 1.82. The van der Waals surface area contributed by atoms with E-state index in [1.54, 1.807) is 13.0 Å². The summed E-state index contributed by atoms with van der Waals surface area (Å²) in [5, 5.41) is 18.9. The number of hydrogen-bond donors (Lipinski definition) is 1.